The van der Waals surface area contributed by atoms with Crippen molar-refractivity contribution in [3.8, 4) is 28.4 Å². The molecule has 0 radical (unpaired) electrons. The number of rotatable bonds is 6. The number of ether oxygens (including phenoxy) is 3. The highest BCUT2D eigenvalue weighted by molar-refractivity contribution is 5.76. The molecule has 0 aliphatic carbocycles. The molecule has 0 saturated carbocycles. The zero-order valence-corrected chi connectivity index (χ0v) is 14.8. The van der Waals surface area contributed by atoms with Gasteiger partial charge in [-0.1, -0.05) is 48.5 Å². The quantitative estimate of drug-likeness (QED) is 0.485. The third-order valence-corrected chi connectivity index (χ3v) is 3.99. The minimum atomic E-state index is -0.329. The first-order valence-corrected chi connectivity index (χ1v) is 8.26. The van der Waals surface area contributed by atoms with E-state index in [0.29, 0.717) is 17.2 Å². The summed E-state index contributed by atoms with van der Waals surface area (Å²) in [5, 5.41) is 0. The lowest BCUT2D eigenvalue weighted by molar-refractivity contribution is -0.133. The number of benzene rings is 3. The molecule has 0 aliphatic heterocycles. The first kappa shape index (κ1) is 17.5. The Balaban J connectivity index is 1.65. The second-order valence-corrected chi connectivity index (χ2v) is 5.73. The van der Waals surface area contributed by atoms with Gasteiger partial charge in [0.2, 0.25) is 0 Å². The summed E-state index contributed by atoms with van der Waals surface area (Å²) in [6.45, 7) is 0. The van der Waals surface area contributed by atoms with Crippen LogP contribution >= 0.6 is 0 Å². The number of hydrogen-bond acceptors (Lipinski definition) is 4. The molecular weight excluding hydrogens is 328 g/mol. The van der Waals surface area contributed by atoms with E-state index in [1.807, 2.05) is 48.5 Å². The summed E-state index contributed by atoms with van der Waals surface area (Å²) in [6.07, 6.45) is 0.154. The molecule has 0 spiro atoms. The molecule has 0 heterocycles. The Morgan fingerprint density at radius 3 is 2.08 bits per heavy atom. The van der Waals surface area contributed by atoms with E-state index in [0.717, 1.165) is 16.7 Å². The van der Waals surface area contributed by atoms with Crippen molar-refractivity contribution in [2.24, 2.45) is 0 Å². The highest BCUT2D eigenvalue weighted by Gasteiger charge is 2.10. The van der Waals surface area contributed by atoms with Crippen molar-refractivity contribution < 1.29 is 19.0 Å². The van der Waals surface area contributed by atoms with Gasteiger partial charge in [0.05, 0.1) is 20.6 Å². The highest BCUT2D eigenvalue weighted by atomic mass is 16.5. The van der Waals surface area contributed by atoms with Gasteiger partial charge < -0.3 is 14.2 Å². The van der Waals surface area contributed by atoms with Crippen LogP contribution in [-0.4, -0.2) is 20.2 Å². The van der Waals surface area contributed by atoms with Gasteiger partial charge in [-0.3, -0.25) is 4.79 Å². The minimum absolute atomic E-state index is 0.154. The number of carbonyl (C=O) groups excluding carboxylic acids is 1. The van der Waals surface area contributed by atoms with Crippen LogP contribution in [0.2, 0.25) is 0 Å². The van der Waals surface area contributed by atoms with Crippen LogP contribution < -0.4 is 14.2 Å². The molecule has 26 heavy (non-hydrogen) atoms. The van der Waals surface area contributed by atoms with Crippen LogP contribution in [0.5, 0.6) is 17.2 Å². The number of hydrogen-bond donors (Lipinski definition) is 0. The van der Waals surface area contributed by atoms with Crippen LogP contribution in [0.4, 0.5) is 0 Å². The average molecular weight is 348 g/mol. The molecule has 3 aromatic rings. The fourth-order valence-corrected chi connectivity index (χ4v) is 2.67. The maximum absolute atomic E-state index is 12.2. The van der Waals surface area contributed by atoms with Gasteiger partial charge in [-0.05, 0) is 41.0 Å². The largest absolute Gasteiger partial charge is 0.493 e. The SMILES string of the molecule is COc1ccc(CC(=O)Oc2ccc(-c3ccccc3)cc2)cc1OC. The van der Waals surface area contributed by atoms with E-state index in [4.69, 9.17) is 14.2 Å². The molecule has 0 fully saturated rings. The van der Waals surface area contributed by atoms with Gasteiger partial charge in [-0.2, -0.15) is 0 Å². The Morgan fingerprint density at radius 1 is 0.769 bits per heavy atom. The fraction of sp³-hybridized carbons (Fsp3) is 0.136. The Bertz CT molecular complexity index is 870. The van der Waals surface area contributed by atoms with E-state index in [-0.39, 0.29) is 12.4 Å². The van der Waals surface area contributed by atoms with Crippen LogP contribution in [-0.2, 0) is 11.2 Å². The van der Waals surface area contributed by atoms with E-state index in [1.54, 1.807) is 38.5 Å². The van der Waals surface area contributed by atoms with E-state index >= 15 is 0 Å². The summed E-state index contributed by atoms with van der Waals surface area (Å²) in [7, 11) is 3.14. The van der Waals surface area contributed by atoms with E-state index in [9.17, 15) is 4.79 Å². The molecule has 4 heteroatoms. The van der Waals surface area contributed by atoms with Gasteiger partial charge in [0.15, 0.2) is 11.5 Å². The summed E-state index contributed by atoms with van der Waals surface area (Å²) in [5.41, 5.74) is 2.99. The van der Waals surface area contributed by atoms with Crippen LogP contribution in [0.25, 0.3) is 11.1 Å². The zero-order valence-electron chi connectivity index (χ0n) is 14.8. The molecule has 132 valence electrons. The average Bonchev–Trinajstić information content (AvgIpc) is 2.69. The maximum atomic E-state index is 12.2. The molecule has 3 aromatic carbocycles. The molecule has 3 rings (SSSR count). The summed E-state index contributed by atoms with van der Waals surface area (Å²) < 4.78 is 15.9. The molecule has 0 N–H and O–H groups in total. The van der Waals surface area contributed by atoms with E-state index < -0.39 is 0 Å². The third kappa shape index (κ3) is 4.22. The van der Waals surface area contributed by atoms with Gasteiger partial charge in [0.1, 0.15) is 5.75 Å². The van der Waals surface area contributed by atoms with Crippen LogP contribution in [0.3, 0.4) is 0 Å². The molecule has 0 aliphatic rings. The lowest BCUT2D eigenvalue weighted by Crippen LogP contribution is -2.11. The molecule has 4 nitrogen and oxygen atoms in total. The smallest absolute Gasteiger partial charge is 0.315 e. The molecule has 0 bridgehead atoms. The van der Waals surface area contributed by atoms with E-state index in [1.165, 1.54) is 0 Å². The van der Waals surface area contributed by atoms with Crippen molar-refractivity contribution in [3.05, 3.63) is 78.4 Å². The molecular formula is C22H20O4. The topological polar surface area (TPSA) is 44.8 Å². The van der Waals surface area contributed by atoms with Crippen molar-refractivity contribution >= 4 is 5.97 Å². The monoisotopic (exact) mass is 348 g/mol. The molecule has 0 amide bonds. The van der Waals surface area contributed by atoms with Crippen molar-refractivity contribution in [2.75, 3.05) is 14.2 Å². The third-order valence-electron chi connectivity index (χ3n) is 3.99. The lowest BCUT2D eigenvalue weighted by atomic mass is 10.1. The first-order chi connectivity index (χ1) is 12.7. The summed E-state index contributed by atoms with van der Waals surface area (Å²) in [6, 6.07) is 22.9. The van der Waals surface area contributed by atoms with Gasteiger partial charge in [-0.15, -0.1) is 0 Å². The summed E-state index contributed by atoms with van der Waals surface area (Å²) >= 11 is 0. The van der Waals surface area contributed by atoms with Crippen LogP contribution in [0.15, 0.2) is 72.8 Å². The predicted octanol–water partition coefficient (Wildman–Crippen LogP) is 4.52. The number of methoxy groups -OCH3 is 2. The Kier molecular flexibility index (Phi) is 5.54. The molecule has 0 aromatic heterocycles. The standard InChI is InChI=1S/C22H20O4/c1-24-20-13-8-16(14-21(20)25-2)15-22(23)26-19-11-9-18(10-12-19)17-6-4-3-5-7-17/h3-14H,15H2,1-2H3. The molecule has 0 atom stereocenters. The van der Waals surface area contributed by atoms with Gasteiger partial charge in [0, 0.05) is 0 Å². The van der Waals surface area contributed by atoms with Gasteiger partial charge in [-0.25, -0.2) is 0 Å². The van der Waals surface area contributed by atoms with Crippen molar-refractivity contribution in [1.82, 2.24) is 0 Å². The van der Waals surface area contributed by atoms with Gasteiger partial charge >= 0.3 is 5.97 Å². The summed E-state index contributed by atoms with van der Waals surface area (Å²) in [5.74, 6) is 1.41. The van der Waals surface area contributed by atoms with E-state index in [2.05, 4.69) is 0 Å². The number of esters is 1. The maximum Gasteiger partial charge on any atom is 0.315 e. The molecule has 0 unspecified atom stereocenters. The Morgan fingerprint density at radius 2 is 1.42 bits per heavy atom. The summed E-state index contributed by atoms with van der Waals surface area (Å²) in [4.78, 5) is 12.2. The lowest BCUT2D eigenvalue weighted by Gasteiger charge is -2.10. The Hall–Kier alpha value is -3.27. The Labute approximate surface area is 153 Å². The van der Waals surface area contributed by atoms with Crippen LogP contribution in [0, 0.1) is 0 Å². The van der Waals surface area contributed by atoms with Crippen molar-refractivity contribution in [3.63, 3.8) is 0 Å². The number of carbonyl (C=O) groups is 1. The fourth-order valence-electron chi connectivity index (χ4n) is 2.67. The second kappa shape index (κ2) is 8.21. The predicted molar refractivity (Wildman–Crippen MR) is 101 cm³/mol. The van der Waals surface area contributed by atoms with Gasteiger partial charge in [0.25, 0.3) is 0 Å². The second-order valence-electron chi connectivity index (χ2n) is 5.73. The first-order valence-electron chi connectivity index (χ1n) is 8.26. The van der Waals surface area contributed by atoms with Crippen molar-refractivity contribution in [2.45, 2.75) is 6.42 Å². The van der Waals surface area contributed by atoms with Crippen LogP contribution in [0.1, 0.15) is 5.56 Å². The highest BCUT2D eigenvalue weighted by Crippen LogP contribution is 2.28. The minimum Gasteiger partial charge on any atom is -0.493 e. The normalized spacial score (nSPS) is 10.2. The zero-order chi connectivity index (χ0) is 18.4. The molecule has 0 saturated heterocycles. The van der Waals surface area contributed by atoms with Crippen molar-refractivity contribution in [1.29, 1.82) is 0 Å².